The Bertz CT molecular complexity index is 724. The van der Waals surface area contributed by atoms with Crippen molar-refractivity contribution in [3.63, 3.8) is 0 Å². The number of hydrogen-bond acceptors (Lipinski definition) is 3. The number of nitrogens with zero attached hydrogens (tertiary/aromatic N) is 1. The zero-order valence-electron chi connectivity index (χ0n) is 14.4. The fourth-order valence-electron chi connectivity index (χ4n) is 4.43. The van der Waals surface area contributed by atoms with E-state index in [0.29, 0.717) is 5.76 Å². The molecule has 0 unspecified atom stereocenters. The van der Waals surface area contributed by atoms with Crippen LogP contribution >= 0.6 is 0 Å². The molecule has 132 valence electrons. The molecule has 1 fully saturated rings. The van der Waals surface area contributed by atoms with E-state index in [1.54, 1.807) is 24.5 Å². The van der Waals surface area contributed by atoms with Crippen molar-refractivity contribution >= 4 is 17.9 Å². The first-order valence-electron chi connectivity index (χ1n) is 9.30. The highest BCUT2D eigenvalue weighted by Gasteiger charge is 2.48. The zero-order chi connectivity index (χ0) is 17.3. The Morgan fingerprint density at radius 3 is 2.72 bits per heavy atom. The Labute approximate surface area is 147 Å². The van der Waals surface area contributed by atoms with Crippen molar-refractivity contribution in [2.45, 2.75) is 63.5 Å². The van der Waals surface area contributed by atoms with Gasteiger partial charge in [0.15, 0.2) is 0 Å². The Morgan fingerprint density at radius 2 is 1.96 bits per heavy atom. The Balaban J connectivity index is 1.71. The van der Waals surface area contributed by atoms with Crippen molar-refractivity contribution in [1.29, 1.82) is 0 Å². The van der Waals surface area contributed by atoms with Gasteiger partial charge in [0.1, 0.15) is 11.4 Å². The first kappa shape index (κ1) is 16.2. The molecule has 0 bridgehead atoms. The molecule has 1 aromatic rings. The van der Waals surface area contributed by atoms with Gasteiger partial charge >= 0.3 is 0 Å². The summed E-state index contributed by atoms with van der Waals surface area (Å²) in [6.45, 7) is 0. The maximum absolute atomic E-state index is 13.1. The minimum Gasteiger partial charge on any atom is -0.465 e. The third-order valence-corrected chi connectivity index (χ3v) is 5.59. The Kier molecular flexibility index (Phi) is 4.24. The van der Waals surface area contributed by atoms with E-state index in [1.165, 1.54) is 0 Å². The van der Waals surface area contributed by atoms with Gasteiger partial charge in [0, 0.05) is 17.3 Å². The normalized spacial score (nSPS) is 23.0. The molecule has 1 aromatic heterocycles. The van der Waals surface area contributed by atoms with Crippen molar-refractivity contribution in [3.8, 4) is 0 Å². The number of amides is 2. The van der Waals surface area contributed by atoms with Gasteiger partial charge in [-0.15, -0.1) is 0 Å². The van der Waals surface area contributed by atoms with Crippen LogP contribution in [0.25, 0.3) is 6.08 Å². The molecule has 25 heavy (non-hydrogen) atoms. The first-order chi connectivity index (χ1) is 12.2. The summed E-state index contributed by atoms with van der Waals surface area (Å²) < 4.78 is 5.29. The lowest BCUT2D eigenvalue weighted by molar-refractivity contribution is -0.138. The van der Waals surface area contributed by atoms with E-state index >= 15 is 0 Å². The van der Waals surface area contributed by atoms with Crippen LogP contribution in [-0.2, 0) is 9.59 Å². The standard InChI is InChI=1S/C20H24N2O3/c23-18(11-10-15-7-6-14-25-15)22-17-9-3-2-8-16(17)19(24)21-20(22)12-4-1-5-13-20/h6-7,10-11,14H,1-5,8-9,12-13H2,(H,21,24). The minimum atomic E-state index is -0.546. The quantitative estimate of drug-likeness (QED) is 0.834. The maximum Gasteiger partial charge on any atom is 0.252 e. The third kappa shape index (κ3) is 2.92. The van der Waals surface area contributed by atoms with Crippen LogP contribution < -0.4 is 5.32 Å². The van der Waals surface area contributed by atoms with Gasteiger partial charge in [-0.2, -0.15) is 0 Å². The van der Waals surface area contributed by atoms with Gasteiger partial charge in [-0.05, 0) is 69.6 Å². The highest BCUT2D eigenvalue weighted by molar-refractivity contribution is 6.00. The number of allylic oxidation sites excluding steroid dienone is 1. The number of nitrogens with one attached hydrogen (secondary N) is 1. The average molecular weight is 340 g/mol. The van der Waals surface area contributed by atoms with Crippen LogP contribution in [0, 0.1) is 0 Å². The predicted octanol–water partition coefficient (Wildman–Crippen LogP) is 3.74. The van der Waals surface area contributed by atoms with Crippen LogP contribution in [0.5, 0.6) is 0 Å². The molecule has 3 aliphatic rings. The molecule has 4 rings (SSSR count). The smallest absolute Gasteiger partial charge is 0.252 e. The molecular formula is C20H24N2O3. The molecule has 0 radical (unpaired) electrons. The van der Waals surface area contributed by atoms with Gasteiger partial charge in [0.2, 0.25) is 0 Å². The lowest BCUT2D eigenvalue weighted by atomic mass is 9.82. The van der Waals surface area contributed by atoms with E-state index in [-0.39, 0.29) is 11.8 Å². The minimum absolute atomic E-state index is 0.0377. The van der Waals surface area contributed by atoms with Crippen molar-refractivity contribution in [3.05, 3.63) is 41.5 Å². The van der Waals surface area contributed by atoms with Crippen molar-refractivity contribution in [2.24, 2.45) is 0 Å². The summed E-state index contributed by atoms with van der Waals surface area (Å²) >= 11 is 0. The van der Waals surface area contributed by atoms with E-state index in [1.807, 2.05) is 11.0 Å². The van der Waals surface area contributed by atoms with Crippen LogP contribution in [0.15, 0.2) is 40.2 Å². The monoisotopic (exact) mass is 340 g/mol. The molecule has 2 heterocycles. The highest BCUT2D eigenvalue weighted by atomic mass is 16.3. The highest BCUT2D eigenvalue weighted by Crippen LogP contribution is 2.42. The van der Waals surface area contributed by atoms with E-state index < -0.39 is 5.66 Å². The summed E-state index contributed by atoms with van der Waals surface area (Å²) in [4.78, 5) is 27.7. The van der Waals surface area contributed by atoms with Crippen molar-refractivity contribution in [1.82, 2.24) is 10.2 Å². The molecule has 5 heteroatoms. The number of hydrogen-bond donors (Lipinski definition) is 1. The SMILES string of the molecule is O=C1NC2(CCCCC2)N(C(=O)C=Cc2ccco2)C2=C1CCCC2. The number of furan rings is 1. The molecular weight excluding hydrogens is 316 g/mol. The Morgan fingerprint density at radius 1 is 1.16 bits per heavy atom. The fraction of sp³-hybridized carbons (Fsp3) is 0.500. The van der Waals surface area contributed by atoms with Crippen LogP contribution in [0.2, 0.25) is 0 Å². The van der Waals surface area contributed by atoms with Crippen LogP contribution in [0.4, 0.5) is 0 Å². The molecule has 1 spiro atoms. The third-order valence-electron chi connectivity index (χ3n) is 5.59. The summed E-state index contributed by atoms with van der Waals surface area (Å²) in [5.74, 6) is 0.633. The van der Waals surface area contributed by atoms with Crippen LogP contribution in [-0.4, -0.2) is 22.4 Å². The topological polar surface area (TPSA) is 62.6 Å². The van der Waals surface area contributed by atoms with Gasteiger partial charge in [-0.3, -0.25) is 14.5 Å². The maximum atomic E-state index is 13.1. The molecule has 2 amide bonds. The fourth-order valence-corrected chi connectivity index (χ4v) is 4.43. The largest absolute Gasteiger partial charge is 0.465 e. The second-order valence-corrected chi connectivity index (χ2v) is 7.20. The van der Waals surface area contributed by atoms with E-state index in [4.69, 9.17) is 4.42 Å². The lowest BCUT2D eigenvalue weighted by Crippen LogP contribution is -2.66. The van der Waals surface area contributed by atoms with Crippen LogP contribution in [0.1, 0.15) is 63.5 Å². The van der Waals surface area contributed by atoms with Crippen LogP contribution in [0.3, 0.4) is 0 Å². The molecule has 0 aromatic carbocycles. The molecule has 1 aliphatic heterocycles. The Hall–Kier alpha value is -2.30. The molecule has 2 aliphatic carbocycles. The van der Waals surface area contributed by atoms with E-state index in [2.05, 4.69) is 5.32 Å². The van der Waals surface area contributed by atoms with E-state index in [0.717, 1.165) is 69.1 Å². The van der Waals surface area contributed by atoms with Gasteiger partial charge in [-0.1, -0.05) is 6.42 Å². The number of carbonyl (C=O) groups excluding carboxylic acids is 2. The van der Waals surface area contributed by atoms with Gasteiger partial charge in [-0.25, -0.2) is 0 Å². The summed E-state index contributed by atoms with van der Waals surface area (Å²) in [7, 11) is 0. The molecule has 0 atom stereocenters. The van der Waals surface area contributed by atoms with Gasteiger partial charge < -0.3 is 9.73 Å². The number of rotatable bonds is 2. The average Bonchev–Trinajstić information content (AvgIpc) is 3.14. The number of carbonyl (C=O) groups is 2. The summed E-state index contributed by atoms with van der Waals surface area (Å²) in [6, 6.07) is 3.62. The van der Waals surface area contributed by atoms with Gasteiger partial charge in [0.05, 0.1) is 6.26 Å². The zero-order valence-corrected chi connectivity index (χ0v) is 14.4. The molecule has 5 nitrogen and oxygen atoms in total. The molecule has 0 saturated heterocycles. The summed E-state index contributed by atoms with van der Waals surface area (Å²) in [5.41, 5.74) is 1.21. The molecule has 1 N–H and O–H groups in total. The van der Waals surface area contributed by atoms with Crippen molar-refractivity contribution < 1.29 is 14.0 Å². The van der Waals surface area contributed by atoms with Gasteiger partial charge in [0.25, 0.3) is 11.8 Å². The molecule has 1 saturated carbocycles. The summed E-state index contributed by atoms with van der Waals surface area (Å²) in [6.07, 6.45) is 13.4. The summed E-state index contributed by atoms with van der Waals surface area (Å²) in [5, 5.41) is 3.21. The second-order valence-electron chi connectivity index (χ2n) is 7.20. The predicted molar refractivity (Wildman–Crippen MR) is 94.0 cm³/mol. The second kappa shape index (κ2) is 6.54. The van der Waals surface area contributed by atoms with Crippen molar-refractivity contribution in [2.75, 3.05) is 0 Å². The first-order valence-corrected chi connectivity index (χ1v) is 9.30. The van der Waals surface area contributed by atoms with E-state index in [9.17, 15) is 9.59 Å². The lowest BCUT2D eigenvalue weighted by Gasteiger charge is -2.51.